The van der Waals surface area contributed by atoms with Crippen molar-refractivity contribution in [2.75, 3.05) is 5.32 Å². The zero-order valence-corrected chi connectivity index (χ0v) is 13.6. The number of hydrogen-bond acceptors (Lipinski definition) is 3. The van der Waals surface area contributed by atoms with Gasteiger partial charge in [0.2, 0.25) is 0 Å². The zero-order chi connectivity index (χ0) is 14.8. The largest absolute Gasteiger partial charge is 0.378 e. The first kappa shape index (κ1) is 14.4. The van der Waals surface area contributed by atoms with Crippen LogP contribution in [0.2, 0.25) is 5.02 Å². The number of thiazole rings is 1. The van der Waals surface area contributed by atoms with Gasteiger partial charge in [-0.2, -0.15) is 0 Å². The average molecular weight is 317 g/mol. The number of nitrogens with one attached hydrogen (secondary N) is 1. The summed E-state index contributed by atoms with van der Waals surface area (Å²) in [5.41, 5.74) is 6.32. The molecule has 1 aromatic heterocycles. The first-order valence-electron chi connectivity index (χ1n) is 6.99. The van der Waals surface area contributed by atoms with Crippen LogP contribution in [0.15, 0.2) is 41.9 Å². The van der Waals surface area contributed by atoms with Gasteiger partial charge in [0, 0.05) is 6.54 Å². The quantitative estimate of drug-likeness (QED) is 0.669. The third kappa shape index (κ3) is 3.04. The van der Waals surface area contributed by atoms with Crippen molar-refractivity contribution in [2.24, 2.45) is 0 Å². The molecule has 0 aliphatic carbocycles. The molecular formula is C17H17ClN2S. The molecule has 4 heteroatoms. The number of fused-ring (bicyclic) bond motifs is 1. The van der Waals surface area contributed by atoms with Crippen molar-refractivity contribution in [3.8, 4) is 0 Å². The molecule has 21 heavy (non-hydrogen) atoms. The van der Waals surface area contributed by atoms with Gasteiger partial charge in [-0.1, -0.05) is 49.7 Å². The molecule has 0 atom stereocenters. The van der Waals surface area contributed by atoms with E-state index in [4.69, 9.17) is 11.6 Å². The number of aromatic nitrogens is 1. The van der Waals surface area contributed by atoms with E-state index in [9.17, 15) is 0 Å². The van der Waals surface area contributed by atoms with Crippen LogP contribution in [0.5, 0.6) is 0 Å². The highest BCUT2D eigenvalue weighted by Crippen LogP contribution is 2.32. The molecule has 0 unspecified atom stereocenters. The van der Waals surface area contributed by atoms with Crippen molar-refractivity contribution in [2.45, 2.75) is 26.3 Å². The minimum absolute atomic E-state index is 0.560. The van der Waals surface area contributed by atoms with Gasteiger partial charge in [-0.15, -0.1) is 11.3 Å². The SMILES string of the molecule is CC(C)c1ccc(CNc2c(Cl)ccc3scnc23)cc1. The fraction of sp³-hybridized carbons (Fsp3) is 0.235. The molecule has 2 nitrogen and oxygen atoms in total. The summed E-state index contributed by atoms with van der Waals surface area (Å²) in [7, 11) is 0. The second-order valence-corrected chi connectivity index (χ2v) is 6.66. The minimum Gasteiger partial charge on any atom is -0.378 e. The molecule has 0 saturated heterocycles. The van der Waals surface area contributed by atoms with Crippen LogP contribution in [0.3, 0.4) is 0 Å². The van der Waals surface area contributed by atoms with Crippen molar-refractivity contribution in [3.63, 3.8) is 0 Å². The van der Waals surface area contributed by atoms with Crippen LogP contribution in [0.25, 0.3) is 10.2 Å². The summed E-state index contributed by atoms with van der Waals surface area (Å²) in [6.07, 6.45) is 0. The topological polar surface area (TPSA) is 24.9 Å². The monoisotopic (exact) mass is 316 g/mol. The van der Waals surface area contributed by atoms with Gasteiger partial charge in [-0.25, -0.2) is 4.98 Å². The Kier molecular flexibility index (Phi) is 4.13. The highest BCUT2D eigenvalue weighted by Gasteiger charge is 2.08. The molecule has 0 spiro atoms. The molecule has 108 valence electrons. The summed E-state index contributed by atoms with van der Waals surface area (Å²) in [6, 6.07) is 12.6. The van der Waals surface area contributed by atoms with Crippen molar-refractivity contribution >= 4 is 38.8 Å². The molecule has 3 aromatic rings. The van der Waals surface area contributed by atoms with Gasteiger partial charge in [0.1, 0.15) is 5.52 Å². The molecule has 2 aromatic carbocycles. The summed E-state index contributed by atoms with van der Waals surface area (Å²) >= 11 is 7.92. The van der Waals surface area contributed by atoms with E-state index in [-0.39, 0.29) is 0 Å². The second kappa shape index (κ2) is 6.04. The van der Waals surface area contributed by atoms with Gasteiger partial charge in [-0.05, 0) is 29.2 Å². The Balaban J connectivity index is 1.80. The number of benzene rings is 2. The van der Waals surface area contributed by atoms with Gasteiger partial charge >= 0.3 is 0 Å². The highest BCUT2D eigenvalue weighted by molar-refractivity contribution is 7.16. The molecule has 1 heterocycles. The Labute approximate surface area is 133 Å². The lowest BCUT2D eigenvalue weighted by molar-refractivity contribution is 0.865. The molecular weight excluding hydrogens is 300 g/mol. The third-order valence-corrected chi connectivity index (χ3v) is 4.68. The molecule has 0 bridgehead atoms. The number of halogens is 1. The maximum Gasteiger partial charge on any atom is 0.106 e. The molecule has 3 rings (SSSR count). The average Bonchev–Trinajstić information content (AvgIpc) is 2.95. The first-order valence-corrected chi connectivity index (χ1v) is 8.25. The van der Waals surface area contributed by atoms with E-state index in [1.165, 1.54) is 11.1 Å². The first-order chi connectivity index (χ1) is 10.1. The Morgan fingerprint density at radius 3 is 2.62 bits per heavy atom. The Bertz CT molecular complexity index is 747. The highest BCUT2D eigenvalue weighted by atomic mass is 35.5. The van der Waals surface area contributed by atoms with Crippen molar-refractivity contribution in [1.29, 1.82) is 0 Å². The van der Waals surface area contributed by atoms with Gasteiger partial charge < -0.3 is 5.32 Å². The maximum atomic E-state index is 6.30. The van der Waals surface area contributed by atoms with Crippen molar-refractivity contribution < 1.29 is 0 Å². The molecule has 0 fully saturated rings. The number of nitrogens with zero attached hydrogens (tertiary/aromatic N) is 1. The smallest absolute Gasteiger partial charge is 0.106 e. The van der Waals surface area contributed by atoms with Gasteiger partial charge in [0.05, 0.1) is 20.9 Å². The summed E-state index contributed by atoms with van der Waals surface area (Å²) in [4.78, 5) is 4.40. The van der Waals surface area contributed by atoms with Crippen LogP contribution in [0.1, 0.15) is 30.9 Å². The van der Waals surface area contributed by atoms with Gasteiger partial charge in [0.15, 0.2) is 0 Å². The molecule has 0 radical (unpaired) electrons. The lowest BCUT2D eigenvalue weighted by atomic mass is 10.0. The fourth-order valence-electron chi connectivity index (χ4n) is 2.29. The summed E-state index contributed by atoms with van der Waals surface area (Å²) in [5.74, 6) is 0.560. The number of hydrogen-bond donors (Lipinski definition) is 1. The lowest BCUT2D eigenvalue weighted by Crippen LogP contribution is -2.01. The normalized spacial score (nSPS) is 11.2. The molecule has 1 N–H and O–H groups in total. The van der Waals surface area contributed by atoms with E-state index in [0.29, 0.717) is 10.9 Å². The van der Waals surface area contributed by atoms with Crippen molar-refractivity contribution in [3.05, 3.63) is 58.1 Å². The molecule has 0 aliphatic heterocycles. The Morgan fingerprint density at radius 2 is 1.90 bits per heavy atom. The standard InChI is InChI=1S/C17H17ClN2S/c1-11(2)13-5-3-12(4-6-13)9-19-16-14(18)7-8-15-17(16)20-10-21-15/h3-8,10-11,19H,9H2,1-2H3. The van der Waals surface area contributed by atoms with Crippen molar-refractivity contribution in [1.82, 2.24) is 4.98 Å². The predicted octanol–water partition coefficient (Wildman–Crippen LogP) is 5.69. The molecule has 0 amide bonds. The summed E-state index contributed by atoms with van der Waals surface area (Å²) < 4.78 is 1.15. The fourth-order valence-corrected chi connectivity index (χ4v) is 3.19. The summed E-state index contributed by atoms with van der Waals surface area (Å²) in [6.45, 7) is 5.15. The van der Waals surface area contributed by atoms with Gasteiger partial charge in [0.25, 0.3) is 0 Å². The van der Waals surface area contributed by atoms with Crippen LogP contribution in [0.4, 0.5) is 5.69 Å². The summed E-state index contributed by atoms with van der Waals surface area (Å²) in [5, 5.41) is 4.13. The second-order valence-electron chi connectivity index (χ2n) is 5.37. The van der Waals surface area contributed by atoms with E-state index in [0.717, 1.165) is 22.4 Å². The zero-order valence-electron chi connectivity index (χ0n) is 12.1. The van der Waals surface area contributed by atoms with Crippen LogP contribution in [-0.4, -0.2) is 4.98 Å². The van der Waals surface area contributed by atoms with E-state index in [1.807, 2.05) is 17.6 Å². The van der Waals surface area contributed by atoms with Crippen LogP contribution >= 0.6 is 22.9 Å². The Morgan fingerprint density at radius 1 is 1.14 bits per heavy atom. The lowest BCUT2D eigenvalue weighted by Gasteiger charge is -2.11. The number of anilines is 1. The minimum atomic E-state index is 0.560. The number of rotatable bonds is 4. The van der Waals surface area contributed by atoms with Crippen LogP contribution in [0, 0.1) is 0 Å². The van der Waals surface area contributed by atoms with E-state index in [1.54, 1.807) is 11.3 Å². The maximum absolute atomic E-state index is 6.30. The molecule has 0 aliphatic rings. The third-order valence-electron chi connectivity index (χ3n) is 3.57. The Hall–Kier alpha value is -1.58. The van der Waals surface area contributed by atoms with Crippen LogP contribution in [-0.2, 0) is 6.54 Å². The van der Waals surface area contributed by atoms with E-state index < -0.39 is 0 Å². The van der Waals surface area contributed by atoms with E-state index >= 15 is 0 Å². The predicted molar refractivity (Wildman–Crippen MR) is 92.5 cm³/mol. The van der Waals surface area contributed by atoms with Crippen LogP contribution < -0.4 is 5.32 Å². The molecule has 0 saturated carbocycles. The van der Waals surface area contributed by atoms with E-state index in [2.05, 4.69) is 48.4 Å². The van der Waals surface area contributed by atoms with Gasteiger partial charge in [-0.3, -0.25) is 0 Å².